The predicted octanol–water partition coefficient (Wildman–Crippen LogP) is 2.52. The van der Waals surface area contributed by atoms with Crippen molar-refractivity contribution in [1.82, 2.24) is 0 Å². The summed E-state index contributed by atoms with van der Waals surface area (Å²) < 4.78 is 0. The molecule has 5 rings (SSSR count). The zero-order chi connectivity index (χ0) is 15.7. The van der Waals surface area contributed by atoms with Crippen molar-refractivity contribution in [3.8, 4) is 0 Å². The van der Waals surface area contributed by atoms with Crippen molar-refractivity contribution < 1.29 is 14.4 Å². The number of carbonyl (C=O) groups excluding carboxylic acids is 3. The van der Waals surface area contributed by atoms with Gasteiger partial charge in [-0.15, -0.1) is 0 Å². The van der Waals surface area contributed by atoms with E-state index in [4.69, 9.17) is 0 Å². The molecular formula is C19H17NO3. The van der Waals surface area contributed by atoms with E-state index >= 15 is 0 Å². The van der Waals surface area contributed by atoms with Crippen LogP contribution in [0.15, 0.2) is 30.4 Å². The molecule has 4 atom stereocenters. The minimum Gasteiger partial charge on any atom is -0.294 e. The number of Topliss-reactive ketones (excluding diaryl/α,β-unsaturated/α-hetero) is 1. The zero-order valence-electron chi connectivity index (χ0n) is 12.7. The topological polar surface area (TPSA) is 54.5 Å². The number of anilines is 1. The Kier molecular flexibility index (Phi) is 2.53. The van der Waals surface area contributed by atoms with Crippen molar-refractivity contribution in [1.29, 1.82) is 0 Å². The third-order valence-corrected chi connectivity index (χ3v) is 5.97. The highest BCUT2D eigenvalue weighted by atomic mass is 16.2. The Hall–Kier alpha value is -2.23. The molecule has 0 unspecified atom stereocenters. The van der Waals surface area contributed by atoms with E-state index in [0.29, 0.717) is 17.7 Å². The summed E-state index contributed by atoms with van der Waals surface area (Å²) in [5, 5.41) is 0. The van der Waals surface area contributed by atoms with Gasteiger partial charge in [-0.2, -0.15) is 0 Å². The molecule has 0 spiro atoms. The minimum absolute atomic E-state index is 0.0833. The maximum absolute atomic E-state index is 12.8. The highest BCUT2D eigenvalue weighted by molar-refractivity contribution is 6.23. The molecule has 1 aromatic carbocycles. The Labute approximate surface area is 134 Å². The van der Waals surface area contributed by atoms with E-state index in [1.165, 1.54) is 4.90 Å². The van der Waals surface area contributed by atoms with Crippen LogP contribution in [0.1, 0.15) is 35.2 Å². The van der Waals surface area contributed by atoms with Crippen molar-refractivity contribution in [3.63, 3.8) is 0 Å². The molecule has 2 amide bonds. The normalized spacial score (nSPS) is 34.3. The first kappa shape index (κ1) is 13.2. The average molecular weight is 307 g/mol. The second-order valence-corrected chi connectivity index (χ2v) is 7.13. The van der Waals surface area contributed by atoms with Gasteiger partial charge in [-0.05, 0) is 48.8 Å². The Morgan fingerprint density at radius 3 is 2.30 bits per heavy atom. The van der Waals surface area contributed by atoms with Crippen LogP contribution in [0.2, 0.25) is 0 Å². The number of amides is 2. The summed E-state index contributed by atoms with van der Waals surface area (Å²) in [6.07, 6.45) is 7.45. The van der Waals surface area contributed by atoms with E-state index in [1.807, 2.05) is 12.1 Å². The van der Waals surface area contributed by atoms with Crippen LogP contribution in [-0.2, 0) is 16.0 Å². The maximum atomic E-state index is 12.8. The van der Waals surface area contributed by atoms with Crippen molar-refractivity contribution >= 4 is 23.3 Å². The molecule has 2 bridgehead atoms. The van der Waals surface area contributed by atoms with E-state index in [9.17, 15) is 14.4 Å². The van der Waals surface area contributed by atoms with Crippen LogP contribution in [0.5, 0.6) is 0 Å². The lowest BCUT2D eigenvalue weighted by atomic mass is 9.85. The number of aryl methyl sites for hydroxylation is 1. The number of hydrogen-bond acceptors (Lipinski definition) is 3. The monoisotopic (exact) mass is 307 g/mol. The number of allylic oxidation sites excluding steroid dienone is 2. The Bertz CT molecular complexity index is 764. The van der Waals surface area contributed by atoms with Gasteiger partial charge < -0.3 is 0 Å². The smallest absolute Gasteiger partial charge is 0.238 e. The minimum atomic E-state index is -0.191. The lowest BCUT2D eigenvalue weighted by molar-refractivity contribution is -0.123. The van der Waals surface area contributed by atoms with Crippen LogP contribution in [0, 0.1) is 23.7 Å². The molecular weight excluding hydrogens is 290 g/mol. The highest BCUT2D eigenvalue weighted by Crippen LogP contribution is 2.53. The molecule has 1 saturated heterocycles. The molecule has 3 aliphatic carbocycles. The molecule has 0 radical (unpaired) electrons. The lowest BCUT2D eigenvalue weighted by Crippen LogP contribution is -2.33. The van der Waals surface area contributed by atoms with Gasteiger partial charge in [0.1, 0.15) is 0 Å². The average Bonchev–Trinajstić information content (AvgIpc) is 3.22. The van der Waals surface area contributed by atoms with Gasteiger partial charge in [-0.25, -0.2) is 4.90 Å². The SMILES string of the molecule is O=C1CCCc2ccc(N3C(=O)[C@@H]4[C@H](C3=O)[C@H]3C=C[C@@H]4C3)cc21. The number of benzene rings is 1. The molecule has 1 aromatic rings. The summed E-state index contributed by atoms with van der Waals surface area (Å²) in [5.74, 6) is -0.000807. The summed E-state index contributed by atoms with van der Waals surface area (Å²) in [4.78, 5) is 39.1. The highest BCUT2D eigenvalue weighted by Gasteiger charge is 2.59. The molecule has 0 aromatic heterocycles. The summed E-state index contributed by atoms with van der Waals surface area (Å²) in [6, 6.07) is 5.48. The number of rotatable bonds is 1. The standard InChI is InChI=1S/C19H17NO3/c21-15-3-1-2-10-6-7-13(9-14(10)15)20-18(22)16-11-4-5-12(8-11)17(16)19(20)23/h4-7,9,11-12,16-17H,1-3,8H2/t11-,12+,16+,17-. The molecule has 1 saturated carbocycles. The van der Waals surface area contributed by atoms with Crippen molar-refractivity contribution in [2.24, 2.45) is 23.7 Å². The van der Waals surface area contributed by atoms with E-state index < -0.39 is 0 Å². The van der Waals surface area contributed by atoms with Gasteiger partial charge >= 0.3 is 0 Å². The molecule has 4 nitrogen and oxygen atoms in total. The third kappa shape index (κ3) is 1.64. The number of hydrogen-bond donors (Lipinski definition) is 0. The van der Waals surface area contributed by atoms with Crippen LogP contribution in [0.4, 0.5) is 5.69 Å². The van der Waals surface area contributed by atoms with E-state index in [1.54, 1.807) is 6.07 Å². The number of ketones is 1. The second-order valence-electron chi connectivity index (χ2n) is 7.13. The molecule has 116 valence electrons. The van der Waals surface area contributed by atoms with E-state index in [0.717, 1.165) is 24.8 Å². The van der Waals surface area contributed by atoms with Crippen LogP contribution < -0.4 is 4.90 Å². The molecule has 1 heterocycles. The van der Waals surface area contributed by atoms with Crippen LogP contribution >= 0.6 is 0 Å². The van der Waals surface area contributed by atoms with Gasteiger partial charge in [0.15, 0.2) is 5.78 Å². The molecule has 4 heteroatoms. The Morgan fingerprint density at radius 1 is 0.913 bits per heavy atom. The quantitative estimate of drug-likeness (QED) is 0.592. The van der Waals surface area contributed by atoms with E-state index in [2.05, 4.69) is 12.2 Å². The van der Waals surface area contributed by atoms with Gasteiger partial charge in [-0.1, -0.05) is 18.2 Å². The second kappa shape index (κ2) is 4.40. The van der Waals surface area contributed by atoms with Crippen molar-refractivity contribution in [2.45, 2.75) is 25.7 Å². The summed E-state index contributed by atoms with van der Waals surface area (Å²) in [6.45, 7) is 0. The van der Waals surface area contributed by atoms with Gasteiger partial charge in [-0.3, -0.25) is 14.4 Å². The van der Waals surface area contributed by atoms with Crippen LogP contribution in [0.25, 0.3) is 0 Å². The molecule has 2 fully saturated rings. The molecule has 23 heavy (non-hydrogen) atoms. The van der Waals surface area contributed by atoms with Crippen molar-refractivity contribution in [3.05, 3.63) is 41.5 Å². The van der Waals surface area contributed by atoms with Crippen LogP contribution in [-0.4, -0.2) is 17.6 Å². The number of fused-ring (bicyclic) bond motifs is 6. The maximum Gasteiger partial charge on any atom is 0.238 e. The van der Waals surface area contributed by atoms with E-state index in [-0.39, 0.29) is 41.3 Å². The Balaban J connectivity index is 1.56. The van der Waals surface area contributed by atoms with Gasteiger partial charge in [0.25, 0.3) is 0 Å². The van der Waals surface area contributed by atoms with Crippen molar-refractivity contribution in [2.75, 3.05) is 4.90 Å². The molecule has 4 aliphatic rings. The number of carbonyl (C=O) groups is 3. The van der Waals surface area contributed by atoms with Gasteiger partial charge in [0, 0.05) is 12.0 Å². The first-order valence-corrected chi connectivity index (χ1v) is 8.37. The largest absolute Gasteiger partial charge is 0.294 e. The number of nitrogens with zero attached hydrogens (tertiary/aromatic N) is 1. The first-order chi connectivity index (χ1) is 11.1. The first-order valence-electron chi connectivity index (χ1n) is 8.37. The predicted molar refractivity (Wildman–Crippen MR) is 83.9 cm³/mol. The number of imide groups is 1. The molecule has 0 N–H and O–H groups in total. The fourth-order valence-electron chi connectivity index (χ4n) is 4.91. The summed E-state index contributed by atoms with van der Waals surface area (Å²) >= 11 is 0. The third-order valence-electron chi connectivity index (χ3n) is 5.97. The van der Waals surface area contributed by atoms with Crippen LogP contribution in [0.3, 0.4) is 0 Å². The lowest BCUT2D eigenvalue weighted by Gasteiger charge is -2.21. The Morgan fingerprint density at radius 2 is 1.61 bits per heavy atom. The molecule has 1 aliphatic heterocycles. The zero-order valence-corrected chi connectivity index (χ0v) is 12.7. The van der Waals surface area contributed by atoms with Gasteiger partial charge in [0.2, 0.25) is 11.8 Å². The van der Waals surface area contributed by atoms with Gasteiger partial charge in [0.05, 0.1) is 17.5 Å². The summed E-state index contributed by atoms with van der Waals surface area (Å²) in [7, 11) is 0. The fourth-order valence-corrected chi connectivity index (χ4v) is 4.91. The summed E-state index contributed by atoms with van der Waals surface area (Å²) in [5.41, 5.74) is 2.29. The fraction of sp³-hybridized carbons (Fsp3) is 0.421.